The molecule has 0 N–H and O–H groups in total. The van der Waals surface area contributed by atoms with Gasteiger partial charge in [-0.2, -0.15) is 0 Å². The van der Waals surface area contributed by atoms with Crippen molar-refractivity contribution in [2.45, 2.75) is 165 Å². The van der Waals surface area contributed by atoms with Gasteiger partial charge in [0.1, 0.15) is 0 Å². The van der Waals surface area contributed by atoms with Crippen LogP contribution in [0.5, 0.6) is 0 Å². The molecule has 20 rings (SSSR count). The minimum atomic E-state index is -2.27. The molecule has 4 aliphatic rings. The molecule has 0 spiro atoms. The smallest absolute Gasteiger partial charge is 0.266 e. The van der Waals surface area contributed by atoms with Crippen LogP contribution in [0, 0.1) is 0 Å². The normalized spacial score (nSPS) is 19.5. The van der Waals surface area contributed by atoms with E-state index in [2.05, 4.69) is 0 Å². The minimum Gasteiger partial charge on any atom is -0.269 e. The molecule has 568 valence electrons. The van der Waals surface area contributed by atoms with Gasteiger partial charge in [0, 0.05) is 0 Å². The Labute approximate surface area is 641 Å². The van der Waals surface area contributed by atoms with Gasteiger partial charge >= 0.3 is 0 Å². The molecule has 24 heteroatoms. The van der Waals surface area contributed by atoms with Crippen molar-refractivity contribution in [3.05, 3.63) is 334 Å². The third-order valence-electron chi connectivity index (χ3n) is 25.4. The molecular weight excluding hydrogens is 1450 g/mol. The van der Waals surface area contributed by atoms with E-state index in [9.17, 15) is 38.4 Å². The van der Waals surface area contributed by atoms with E-state index in [0.29, 0.717) is 0 Å². The van der Waals surface area contributed by atoms with Gasteiger partial charge in [-0.3, -0.25) is 95.0 Å². The summed E-state index contributed by atoms with van der Waals surface area (Å²) in [6.45, 7) is 23.9. The van der Waals surface area contributed by atoms with Crippen LogP contribution >= 0.6 is 0 Å². The molecule has 0 unspecified atom stereocenters. The maximum absolute atomic E-state index is 16.3. The second-order valence-electron chi connectivity index (χ2n) is 36.5. The van der Waals surface area contributed by atoms with E-state index in [1.807, 2.05) is 83.1 Å². The van der Waals surface area contributed by atoms with Gasteiger partial charge in [-0.05, 0) is 180 Å². The third kappa shape index (κ3) is 9.32. The molecule has 4 bridgehead atoms. The maximum Gasteiger partial charge on any atom is 0.266 e. The van der Waals surface area contributed by atoms with Gasteiger partial charge in [-0.1, -0.05) is 132 Å². The predicted octanol–water partition coefficient (Wildman–Crippen LogP) is 8.00. The lowest BCUT2D eigenvalue weighted by atomic mass is 9.43. The van der Waals surface area contributed by atoms with Crippen LogP contribution in [0.15, 0.2) is 222 Å². The van der Waals surface area contributed by atoms with Crippen LogP contribution in [0.1, 0.15) is 144 Å². The molecule has 0 radical (unpaired) electrons. The van der Waals surface area contributed by atoms with Crippen LogP contribution in [0.2, 0.25) is 0 Å². The van der Waals surface area contributed by atoms with E-state index in [1.54, 1.807) is 97.1 Å². The van der Waals surface area contributed by atoms with Crippen LogP contribution in [-0.2, 0) is 43.8 Å². The standard InChI is InChI=1S/C90H72N8O16/c1-83(2,3)43-13-21-47(22-14-43)91-67(99)51-29-59-60(30-52(51)68(91)100)76(108)95(75(59)107)87-37-88(96-77(109)61-31-53-54(32-62(61)78(96)110)70(102)92(69(53)101)48-23-15-44(16-24-48)84(4,5)6)40-89(38-87,97-79(111)63-33-55-56(34-64(63)80(97)112)72(104)93(71(55)103)49-25-17-45(18-26-49)85(7,8)9)42-90(39-87,41-88)98-81(113)65-35-57-58(36-66(65)82(98)114)74(106)94(73(57)105)50-27-19-46(20-28-50)86(10,11)12/h13-36H,37-42H2,1-12H3. The second kappa shape index (κ2) is 22.4. The largest absolute Gasteiger partial charge is 0.269 e. The zero-order chi connectivity index (χ0) is 80.9. The van der Waals surface area contributed by atoms with E-state index < -0.39 is 150 Å². The van der Waals surface area contributed by atoms with Gasteiger partial charge in [0.25, 0.3) is 88.9 Å². The molecule has 0 aliphatic heterocycles. The Hall–Kier alpha value is -13.1. The number of aromatic nitrogens is 8. The molecule has 8 heterocycles. The Morgan fingerprint density at radius 3 is 0.412 bits per heavy atom. The summed E-state index contributed by atoms with van der Waals surface area (Å²) in [7, 11) is 0. The lowest BCUT2D eigenvalue weighted by Gasteiger charge is -2.69. The Morgan fingerprint density at radius 2 is 0.298 bits per heavy atom. The zero-order valence-corrected chi connectivity index (χ0v) is 64.2. The molecular formula is C90H72N8O16. The summed E-state index contributed by atoms with van der Waals surface area (Å²) in [6, 6.07) is 36.1. The highest BCUT2D eigenvalue weighted by Crippen LogP contribution is 2.69. The average molecular weight is 1520 g/mol. The van der Waals surface area contributed by atoms with E-state index >= 15 is 38.4 Å². The van der Waals surface area contributed by atoms with Crippen molar-refractivity contribution in [2.75, 3.05) is 0 Å². The van der Waals surface area contributed by atoms with Gasteiger partial charge in [-0.25, -0.2) is 18.3 Å². The molecule has 0 atom stereocenters. The van der Waals surface area contributed by atoms with Crippen LogP contribution in [0.25, 0.3) is 109 Å². The van der Waals surface area contributed by atoms with Crippen molar-refractivity contribution in [3.8, 4) is 22.7 Å². The summed E-state index contributed by atoms with van der Waals surface area (Å²) in [5.74, 6) is 0. The van der Waals surface area contributed by atoms with E-state index in [4.69, 9.17) is 0 Å². The molecule has 16 aromatic rings. The Morgan fingerprint density at radius 1 is 0.184 bits per heavy atom. The summed E-state index contributed by atoms with van der Waals surface area (Å²) in [4.78, 5) is 249. The highest BCUT2D eigenvalue weighted by molar-refractivity contribution is 6.02. The first-order valence-corrected chi connectivity index (χ1v) is 37.8. The summed E-state index contributed by atoms with van der Waals surface area (Å²) >= 11 is 0. The first-order chi connectivity index (χ1) is 53.5. The van der Waals surface area contributed by atoms with Crippen LogP contribution in [-0.4, -0.2) is 36.5 Å². The highest BCUT2D eigenvalue weighted by atomic mass is 16.2. The Balaban J connectivity index is 0.889. The fourth-order valence-corrected chi connectivity index (χ4v) is 20.4. The number of benzene rings is 8. The van der Waals surface area contributed by atoms with Crippen molar-refractivity contribution >= 4 is 86.2 Å². The lowest BCUT2D eigenvalue weighted by molar-refractivity contribution is -0.176. The summed E-state index contributed by atoms with van der Waals surface area (Å²) in [5.41, 5.74) is -21.4. The highest BCUT2D eigenvalue weighted by Gasteiger charge is 2.73. The number of fused-ring (bicyclic) bond motifs is 8. The first-order valence-electron chi connectivity index (χ1n) is 37.8. The van der Waals surface area contributed by atoms with E-state index in [0.717, 1.165) is 107 Å². The quantitative estimate of drug-likeness (QED) is 0.139. The number of hydrogen-bond acceptors (Lipinski definition) is 16. The van der Waals surface area contributed by atoms with Gasteiger partial charge in [0.05, 0.1) is 131 Å². The van der Waals surface area contributed by atoms with Crippen molar-refractivity contribution in [1.29, 1.82) is 0 Å². The predicted molar refractivity (Wildman–Crippen MR) is 439 cm³/mol. The van der Waals surface area contributed by atoms with Crippen LogP contribution in [0.3, 0.4) is 0 Å². The minimum absolute atomic E-state index is 0.197. The topological polar surface area (TPSA) is 313 Å². The van der Waals surface area contributed by atoms with E-state index in [-0.39, 0.29) is 131 Å². The lowest BCUT2D eigenvalue weighted by Crippen LogP contribution is -2.77. The third-order valence-corrected chi connectivity index (χ3v) is 25.4. The molecule has 4 saturated carbocycles. The summed E-state index contributed by atoms with van der Waals surface area (Å²) < 4.78 is 7.06. The fourth-order valence-electron chi connectivity index (χ4n) is 20.4. The summed E-state index contributed by atoms with van der Waals surface area (Å²) in [5, 5.41) is -5.04. The van der Waals surface area contributed by atoms with Gasteiger partial charge < -0.3 is 0 Å². The van der Waals surface area contributed by atoms with Crippen molar-refractivity contribution in [2.24, 2.45) is 0 Å². The van der Waals surface area contributed by atoms with Crippen LogP contribution < -0.4 is 88.9 Å². The number of rotatable bonds is 8. The van der Waals surface area contributed by atoms with Gasteiger partial charge in [0.2, 0.25) is 0 Å². The van der Waals surface area contributed by atoms with Crippen molar-refractivity contribution in [3.63, 3.8) is 0 Å². The summed E-state index contributed by atoms with van der Waals surface area (Å²) in [6.07, 6.45) is -3.63. The fraction of sp³-hybridized carbons (Fsp3) is 0.289. The van der Waals surface area contributed by atoms with Gasteiger partial charge in [-0.15, -0.1) is 0 Å². The van der Waals surface area contributed by atoms with E-state index in [1.165, 1.54) is 0 Å². The molecule has 24 nitrogen and oxygen atoms in total. The molecule has 0 amide bonds. The van der Waals surface area contributed by atoms with Crippen molar-refractivity contribution < 1.29 is 0 Å². The molecule has 4 fully saturated rings. The molecule has 8 aromatic carbocycles. The van der Waals surface area contributed by atoms with Gasteiger partial charge in [0.15, 0.2) is 0 Å². The molecule has 114 heavy (non-hydrogen) atoms. The molecule has 8 aromatic heterocycles. The Bertz CT molecular complexity index is 6780. The molecule has 0 saturated heterocycles. The second-order valence-corrected chi connectivity index (χ2v) is 36.5. The zero-order valence-electron chi connectivity index (χ0n) is 64.2. The Kier molecular flexibility index (Phi) is 14.0. The maximum atomic E-state index is 16.3. The number of hydrogen-bond donors (Lipinski definition) is 0. The number of nitrogens with zero attached hydrogens (tertiary/aromatic N) is 8. The average Bonchev–Trinajstić information content (AvgIpc) is 1.27. The van der Waals surface area contributed by atoms with Crippen LogP contribution in [0.4, 0.5) is 0 Å². The first kappa shape index (κ1) is 71.2. The monoisotopic (exact) mass is 1520 g/mol. The SMILES string of the molecule is CC(C)(C)c1ccc(-n2c(=O)c3cc4c(=O)n(C56CC7(n8c(=O)c9cc%10c(=O)n(-c%11ccc(C(C)(C)C)cc%11)c(=O)c%10cc9c8=O)CC(n8c(=O)c9cc%10c(=O)n(-c%11ccc(C(C)(C)C)cc%11)c(=O)c%10cc9c8=O)(C5)CC(n5c(=O)c8cc9c(=O)n(-c%10ccc(C(C)(C)C)cc%10)c(=O)c9cc8c5=O)(C6)C7)c(=O)c4cc3c2=O)cc1. The van der Waals surface area contributed by atoms with Crippen molar-refractivity contribution in [1.82, 2.24) is 36.5 Å². The molecule has 4 aliphatic carbocycles.